The number of rotatable bonds is 4. The van der Waals surface area contributed by atoms with Gasteiger partial charge in [0, 0.05) is 18.9 Å². The molecule has 0 radical (unpaired) electrons. The van der Waals surface area contributed by atoms with E-state index in [9.17, 15) is 4.79 Å². The Balaban J connectivity index is 1.69. The van der Waals surface area contributed by atoms with Gasteiger partial charge in [-0.1, -0.05) is 50.3 Å². The van der Waals surface area contributed by atoms with E-state index in [4.69, 9.17) is 0 Å². The summed E-state index contributed by atoms with van der Waals surface area (Å²) in [6.45, 7) is 0.851. The lowest BCUT2D eigenvalue weighted by atomic mass is 9.87. The first-order chi connectivity index (χ1) is 9.84. The number of aryl methyl sites for hydroxylation is 1. The van der Waals surface area contributed by atoms with E-state index in [0.29, 0.717) is 0 Å². The van der Waals surface area contributed by atoms with E-state index in [1.54, 1.807) is 4.57 Å². The van der Waals surface area contributed by atoms with E-state index in [0.717, 1.165) is 24.6 Å². The maximum atomic E-state index is 12.4. The van der Waals surface area contributed by atoms with Crippen LogP contribution in [0, 0.1) is 5.92 Å². The predicted octanol–water partition coefficient (Wildman–Crippen LogP) is 3.61. The monoisotopic (exact) mass is 270 g/mol. The molecule has 1 aromatic heterocycles. The summed E-state index contributed by atoms with van der Waals surface area (Å²) < 4.78 is 3.57. The van der Waals surface area contributed by atoms with Crippen molar-refractivity contribution in [1.82, 2.24) is 9.13 Å². The van der Waals surface area contributed by atoms with Crippen molar-refractivity contribution in [2.75, 3.05) is 0 Å². The Morgan fingerprint density at radius 1 is 1.00 bits per heavy atom. The van der Waals surface area contributed by atoms with Crippen LogP contribution in [0.2, 0.25) is 0 Å². The van der Waals surface area contributed by atoms with Crippen LogP contribution in [-0.4, -0.2) is 9.13 Å². The number of para-hydroxylation sites is 1. The van der Waals surface area contributed by atoms with Gasteiger partial charge in [-0.05, 0) is 24.5 Å². The van der Waals surface area contributed by atoms with Crippen molar-refractivity contribution in [1.29, 1.82) is 0 Å². The predicted molar refractivity (Wildman–Crippen MR) is 81.2 cm³/mol. The average Bonchev–Trinajstić information content (AvgIpc) is 2.88. The van der Waals surface area contributed by atoms with E-state index in [1.807, 2.05) is 47.3 Å². The maximum absolute atomic E-state index is 12.4. The molecule has 1 saturated carbocycles. The Labute approximate surface area is 119 Å². The fraction of sp³-hybridized carbons (Fsp3) is 0.471. The van der Waals surface area contributed by atoms with Gasteiger partial charge in [0.15, 0.2) is 0 Å². The van der Waals surface area contributed by atoms with Gasteiger partial charge in [0.25, 0.3) is 0 Å². The minimum absolute atomic E-state index is 0.0759. The molecule has 1 aromatic carbocycles. The zero-order valence-electron chi connectivity index (χ0n) is 11.9. The quantitative estimate of drug-likeness (QED) is 0.833. The van der Waals surface area contributed by atoms with Gasteiger partial charge in [-0.25, -0.2) is 4.79 Å². The summed E-state index contributed by atoms with van der Waals surface area (Å²) in [7, 11) is 0. The lowest BCUT2D eigenvalue weighted by Crippen LogP contribution is -2.24. The molecule has 0 N–H and O–H groups in total. The van der Waals surface area contributed by atoms with Crippen LogP contribution < -0.4 is 5.69 Å². The van der Waals surface area contributed by atoms with Crippen LogP contribution in [0.15, 0.2) is 47.5 Å². The highest BCUT2D eigenvalue weighted by Crippen LogP contribution is 2.26. The first kappa shape index (κ1) is 13.2. The molecule has 1 aliphatic carbocycles. The first-order valence-electron chi connectivity index (χ1n) is 7.68. The van der Waals surface area contributed by atoms with Gasteiger partial charge >= 0.3 is 5.69 Å². The van der Waals surface area contributed by atoms with Crippen LogP contribution in [0.5, 0.6) is 0 Å². The second-order valence-corrected chi connectivity index (χ2v) is 5.77. The molecule has 1 fully saturated rings. The number of benzene rings is 1. The Bertz CT molecular complexity index is 591. The highest BCUT2D eigenvalue weighted by Gasteiger charge is 2.14. The van der Waals surface area contributed by atoms with Gasteiger partial charge in [0.2, 0.25) is 0 Å². The first-order valence-corrected chi connectivity index (χ1v) is 7.68. The Morgan fingerprint density at radius 2 is 1.75 bits per heavy atom. The van der Waals surface area contributed by atoms with Gasteiger partial charge in [0.05, 0.1) is 5.69 Å². The molecule has 1 heterocycles. The van der Waals surface area contributed by atoms with Crippen molar-refractivity contribution < 1.29 is 0 Å². The van der Waals surface area contributed by atoms with Gasteiger partial charge in [0.1, 0.15) is 0 Å². The Morgan fingerprint density at radius 3 is 2.50 bits per heavy atom. The molecular formula is C17H22N2O. The lowest BCUT2D eigenvalue weighted by Gasteiger charge is -2.21. The molecule has 3 nitrogen and oxygen atoms in total. The molecule has 0 unspecified atom stereocenters. The standard InChI is InChI=1S/C17H22N2O/c20-17-18(12-11-15-7-3-1-4-8-15)13-14-19(17)16-9-5-2-6-10-16/h2,5-6,9-10,13-15H,1,3-4,7-8,11-12H2. The molecule has 0 bridgehead atoms. The number of hydrogen-bond acceptors (Lipinski definition) is 1. The fourth-order valence-corrected chi connectivity index (χ4v) is 3.17. The van der Waals surface area contributed by atoms with Crippen LogP contribution in [-0.2, 0) is 6.54 Å². The van der Waals surface area contributed by atoms with E-state index in [2.05, 4.69) is 0 Å². The number of imidazole rings is 1. The van der Waals surface area contributed by atoms with Crippen molar-refractivity contribution in [2.45, 2.75) is 45.1 Å². The van der Waals surface area contributed by atoms with Gasteiger partial charge in [-0.15, -0.1) is 0 Å². The molecule has 20 heavy (non-hydrogen) atoms. The number of hydrogen-bond donors (Lipinski definition) is 0. The number of nitrogens with zero attached hydrogens (tertiary/aromatic N) is 2. The van der Waals surface area contributed by atoms with Crippen LogP contribution >= 0.6 is 0 Å². The summed E-state index contributed by atoms with van der Waals surface area (Å²) in [5.41, 5.74) is 1.01. The fourth-order valence-electron chi connectivity index (χ4n) is 3.17. The molecule has 0 aliphatic heterocycles. The van der Waals surface area contributed by atoms with Crippen LogP contribution in [0.25, 0.3) is 5.69 Å². The summed E-state index contributed by atoms with van der Waals surface area (Å²) in [6.07, 6.45) is 11.7. The smallest absolute Gasteiger partial charge is 0.299 e. The highest BCUT2D eigenvalue weighted by molar-refractivity contribution is 5.30. The van der Waals surface area contributed by atoms with Crippen LogP contribution in [0.1, 0.15) is 38.5 Å². The molecule has 0 atom stereocenters. The van der Waals surface area contributed by atoms with Crippen LogP contribution in [0.3, 0.4) is 0 Å². The SMILES string of the molecule is O=c1n(CCC2CCCCC2)ccn1-c1ccccc1. The topological polar surface area (TPSA) is 26.9 Å². The number of aromatic nitrogens is 2. The molecule has 0 saturated heterocycles. The second kappa shape index (κ2) is 6.12. The molecule has 0 spiro atoms. The minimum Gasteiger partial charge on any atom is -0.299 e. The molecule has 0 amide bonds. The van der Waals surface area contributed by atoms with Crippen molar-refractivity contribution in [3.8, 4) is 5.69 Å². The van der Waals surface area contributed by atoms with E-state index in [1.165, 1.54) is 32.1 Å². The van der Waals surface area contributed by atoms with Crippen LogP contribution in [0.4, 0.5) is 0 Å². The molecule has 1 aliphatic rings. The van der Waals surface area contributed by atoms with Crippen molar-refractivity contribution in [3.05, 3.63) is 53.2 Å². The van der Waals surface area contributed by atoms with Crippen molar-refractivity contribution >= 4 is 0 Å². The zero-order chi connectivity index (χ0) is 13.8. The normalized spacial score (nSPS) is 16.4. The Kier molecular flexibility index (Phi) is 4.05. The summed E-state index contributed by atoms with van der Waals surface area (Å²) >= 11 is 0. The summed E-state index contributed by atoms with van der Waals surface area (Å²) in [5.74, 6) is 0.815. The Hall–Kier alpha value is -1.77. The summed E-state index contributed by atoms with van der Waals surface area (Å²) in [5, 5.41) is 0. The van der Waals surface area contributed by atoms with Gasteiger partial charge in [-0.2, -0.15) is 0 Å². The van der Waals surface area contributed by atoms with Gasteiger partial charge < -0.3 is 0 Å². The van der Waals surface area contributed by atoms with Gasteiger partial charge in [-0.3, -0.25) is 9.13 Å². The molecule has 3 rings (SSSR count). The minimum atomic E-state index is 0.0759. The zero-order valence-corrected chi connectivity index (χ0v) is 11.9. The summed E-state index contributed by atoms with van der Waals surface area (Å²) in [4.78, 5) is 12.4. The van der Waals surface area contributed by atoms with E-state index in [-0.39, 0.29) is 5.69 Å². The largest absolute Gasteiger partial charge is 0.332 e. The van der Waals surface area contributed by atoms with Crippen molar-refractivity contribution in [2.24, 2.45) is 5.92 Å². The molecular weight excluding hydrogens is 248 g/mol. The molecule has 3 heteroatoms. The lowest BCUT2D eigenvalue weighted by molar-refractivity contribution is 0.322. The third kappa shape index (κ3) is 2.87. The molecule has 106 valence electrons. The highest BCUT2D eigenvalue weighted by atomic mass is 16.1. The van der Waals surface area contributed by atoms with E-state index >= 15 is 0 Å². The van der Waals surface area contributed by atoms with Crippen molar-refractivity contribution in [3.63, 3.8) is 0 Å². The molecule has 2 aromatic rings. The summed E-state index contributed by atoms with van der Waals surface area (Å²) in [6, 6.07) is 9.82. The maximum Gasteiger partial charge on any atom is 0.332 e. The third-order valence-electron chi connectivity index (χ3n) is 4.38. The average molecular weight is 270 g/mol. The third-order valence-corrected chi connectivity index (χ3v) is 4.38. The van der Waals surface area contributed by atoms with E-state index < -0.39 is 0 Å². The second-order valence-electron chi connectivity index (χ2n) is 5.77.